The normalized spacial score (nSPS) is 14.9. The Morgan fingerprint density at radius 1 is 1.11 bits per heavy atom. The molecule has 6 heteroatoms. The van der Waals surface area contributed by atoms with E-state index in [1.807, 2.05) is 47.4 Å². The van der Waals surface area contributed by atoms with Crippen molar-refractivity contribution < 1.29 is 9.53 Å². The molecule has 27 heavy (non-hydrogen) atoms. The highest BCUT2D eigenvalue weighted by Gasteiger charge is 2.22. The second-order valence-corrected chi connectivity index (χ2v) is 7.14. The molecule has 0 aliphatic carbocycles. The van der Waals surface area contributed by atoms with E-state index < -0.39 is 0 Å². The molecular formula is C21H26ClN3O2. The van der Waals surface area contributed by atoms with Crippen LogP contribution in [0.1, 0.15) is 18.1 Å². The Hall–Kier alpha value is -2.24. The molecule has 1 fully saturated rings. The predicted octanol–water partition coefficient (Wildman–Crippen LogP) is 4.26. The van der Waals surface area contributed by atoms with Crippen molar-refractivity contribution in [3.8, 4) is 5.75 Å². The molecule has 1 aliphatic heterocycles. The third-order valence-corrected chi connectivity index (χ3v) is 5.14. The molecule has 0 radical (unpaired) electrons. The first-order valence-electron chi connectivity index (χ1n) is 9.28. The maximum absolute atomic E-state index is 12.5. The fourth-order valence-corrected chi connectivity index (χ4v) is 3.44. The van der Waals surface area contributed by atoms with Gasteiger partial charge in [-0.3, -0.25) is 4.90 Å². The molecule has 0 atom stereocenters. The monoisotopic (exact) mass is 387 g/mol. The highest BCUT2D eigenvalue weighted by atomic mass is 35.5. The molecule has 5 nitrogen and oxygen atoms in total. The van der Waals surface area contributed by atoms with Gasteiger partial charge in [-0.1, -0.05) is 30.7 Å². The number of amides is 2. The fraction of sp³-hybridized carbons (Fsp3) is 0.381. The smallest absolute Gasteiger partial charge is 0.321 e. The van der Waals surface area contributed by atoms with E-state index in [4.69, 9.17) is 16.3 Å². The van der Waals surface area contributed by atoms with Gasteiger partial charge < -0.3 is 15.0 Å². The number of methoxy groups -OCH3 is 1. The number of urea groups is 1. The molecule has 1 N–H and O–H groups in total. The summed E-state index contributed by atoms with van der Waals surface area (Å²) in [7, 11) is 1.67. The van der Waals surface area contributed by atoms with Crippen LogP contribution in [0.15, 0.2) is 42.5 Å². The van der Waals surface area contributed by atoms with Crippen molar-refractivity contribution in [1.82, 2.24) is 9.80 Å². The van der Waals surface area contributed by atoms with Gasteiger partial charge >= 0.3 is 6.03 Å². The SMILES string of the molecule is CCc1ccc(NC(=O)N2CCN(Cc3cc(Cl)ccc3OC)CC2)cc1. The molecule has 1 saturated heterocycles. The standard InChI is InChI=1S/C21H26ClN3O2/c1-3-16-4-7-19(8-5-16)23-21(26)25-12-10-24(11-13-25)15-17-14-18(22)6-9-20(17)27-2/h4-9,14H,3,10-13,15H2,1-2H3,(H,23,26). The van der Waals surface area contributed by atoms with Crippen molar-refractivity contribution in [3.05, 3.63) is 58.6 Å². The Morgan fingerprint density at radius 3 is 2.44 bits per heavy atom. The minimum Gasteiger partial charge on any atom is -0.496 e. The van der Waals surface area contributed by atoms with Crippen LogP contribution in [0.3, 0.4) is 0 Å². The third-order valence-electron chi connectivity index (χ3n) is 4.91. The molecular weight excluding hydrogens is 362 g/mol. The molecule has 1 heterocycles. The van der Waals surface area contributed by atoms with Crippen molar-refractivity contribution in [2.75, 3.05) is 38.6 Å². The van der Waals surface area contributed by atoms with Crippen LogP contribution >= 0.6 is 11.6 Å². The Labute approximate surface area is 165 Å². The number of halogens is 1. The van der Waals surface area contributed by atoms with Crippen LogP contribution in [-0.2, 0) is 13.0 Å². The van der Waals surface area contributed by atoms with E-state index in [0.29, 0.717) is 18.1 Å². The highest BCUT2D eigenvalue weighted by Crippen LogP contribution is 2.24. The molecule has 3 rings (SSSR count). The van der Waals surface area contributed by atoms with Gasteiger partial charge in [0.2, 0.25) is 0 Å². The van der Waals surface area contributed by atoms with Crippen LogP contribution < -0.4 is 10.1 Å². The summed E-state index contributed by atoms with van der Waals surface area (Å²) < 4.78 is 5.42. The summed E-state index contributed by atoms with van der Waals surface area (Å²) in [4.78, 5) is 16.7. The first-order valence-corrected chi connectivity index (χ1v) is 9.66. The average Bonchev–Trinajstić information content (AvgIpc) is 2.69. The Kier molecular flexibility index (Phi) is 6.58. The Bertz CT molecular complexity index is 771. The van der Waals surface area contributed by atoms with Crippen molar-refractivity contribution in [2.24, 2.45) is 0 Å². The Balaban J connectivity index is 1.52. The number of hydrogen-bond donors (Lipinski definition) is 1. The van der Waals surface area contributed by atoms with Gasteiger partial charge in [-0.15, -0.1) is 0 Å². The minimum atomic E-state index is -0.0424. The lowest BCUT2D eigenvalue weighted by molar-refractivity contribution is 0.142. The molecule has 2 aromatic rings. The minimum absolute atomic E-state index is 0.0424. The van der Waals surface area contributed by atoms with Crippen LogP contribution in [0.5, 0.6) is 5.75 Å². The number of piperazine rings is 1. The molecule has 1 aliphatic rings. The quantitative estimate of drug-likeness (QED) is 0.833. The van der Waals surface area contributed by atoms with E-state index >= 15 is 0 Å². The van der Waals surface area contributed by atoms with Gasteiger partial charge in [0.1, 0.15) is 5.75 Å². The largest absolute Gasteiger partial charge is 0.496 e. The van der Waals surface area contributed by atoms with Gasteiger partial charge in [0, 0.05) is 49.0 Å². The Morgan fingerprint density at radius 2 is 1.81 bits per heavy atom. The molecule has 0 spiro atoms. The summed E-state index contributed by atoms with van der Waals surface area (Å²) in [5.41, 5.74) is 3.17. The van der Waals surface area contributed by atoms with Gasteiger partial charge in [0.05, 0.1) is 7.11 Å². The van der Waals surface area contributed by atoms with Crippen LogP contribution in [-0.4, -0.2) is 49.1 Å². The van der Waals surface area contributed by atoms with E-state index in [2.05, 4.69) is 17.1 Å². The van der Waals surface area contributed by atoms with Gasteiger partial charge in [-0.2, -0.15) is 0 Å². The summed E-state index contributed by atoms with van der Waals surface area (Å²) in [6.45, 7) is 5.91. The number of benzene rings is 2. The lowest BCUT2D eigenvalue weighted by Gasteiger charge is -2.35. The molecule has 0 saturated carbocycles. The van der Waals surface area contributed by atoms with Gasteiger partial charge in [-0.25, -0.2) is 4.79 Å². The van der Waals surface area contributed by atoms with Crippen LogP contribution in [0.4, 0.5) is 10.5 Å². The van der Waals surface area contributed by atoms with E-state index in [0.717, 1.165) is 43.1 Å². The maximum atomic E-state index is 12.5. The lowest BCUT2D eigenvalue weighted by Crippen LogP contribution is -2.49. The van der Waals surface area contributed by atoms with E-state index in [1.165, 1.54) is 5.56 Å². The van der Waals surface area contributed by atoms with Crippen LogP contribution in [0.25, 0.3) is 0 Å². The number of carbonyl (C=O) groups is 1. The second kappa shape index (κ2) is 9.11. The highest BCUT2D eigenvalue weighted by molar-refractivity contribution is 6.30. The lowest BCUT2D eigenvalue weighted by atomic mass is 10.1. The summed E-state index contributed by atoms with van der Waals surface area (Å²) in [5.74, 6) is 0.843. The number of nitrogens with zero attached hydrogens (tertiary/aromatic N) is 2. The zero-order valence-electron chi connectivity index (χ0n) is 15.9. The fourth-order valence-electron chi connectivity index (χ4n) is 3.25. The van der Waals surface area contributed by atoms with Crippen molar-refractivity contribution in [3.63, 3.8) is 0 Å². The molecule has 0 unspecified atom stereocenters. The second-order valence-electron chi connectivity index (χ2n) is 6.70. The molecule has 144 valence electrons. The summed E-state index contributed by atoms with van der Waals surface area (Å²) in [5, 5.41) is 3.69. The molecule has 2 amide bonds. The van der Waals surface area contributed by atoms with Gasteiger partial charge in [0.15, 0.2) is 0 Å². The number of ether oxygens (including phenoxy) is 1. The summed E-state index contributed by atoms with van der Waals surface area (Å²) in [6.07, 6.45) is 0.994. The molecule has 0 aromatic heterocycles. The zero-order valence-corrected chi connectivity index (χ0v) is 16.6. The number of anilines is 1. The van der Waals surface area contributed by atoms with E-state index in [1.54, 1.807) is 7.11 Å². The van der Waals surface area contributed by atoms with Crippen molar-refractivity contribution in [1.29, 1.82) is 0 Å². The van der Waals surface area contributed by atoms with Crippen molar-refractivity contribution in [2.45, 2.75) is 19.9 Å². The van der Waals surface area contributed by atoms with Crippen LogP contribution in [0.2, 0.25) is 5.02 Å². The molecule has 0 bridgehead atoms. The van der Waals surface area contributed by atoms with Gasteiger partial charge in [0.25, 0.3) is 0 Å². The first-order chi connectivity index (χ1) is 13.1. The number of nitrogens with one attached hydrogen (secondary N) is 1. The van der Waals surface area contributed by atoms with Crippen LogP contribution in [0, 0.1) is 0 Å². The van der Waals surface area contributed by atoms with Gasteiger partial charge in [-0.05, 0) is 42.3 Å². The van der Waals surface area contributed by atoms with E-state index in [-0.39, 0.29) is 6.03 Å². The third kappa shape index (κ3) is 5.15. The van der Waals surface area contributed by atoms with E-state index in [9.17, 15) is 4.79 Å². The number of hydrogen-bond acceptors (Lipinski definition) is 3. The number of carbonyl (C=O) groups excluding carboxylic acids is 1. The number of aryl methyl sites for hydroxylation is 1. The van der Waals surface area contributed by atoms with Crippen molar-refractivity contribution >= 4 is 23.3 Å². The average molecular weight is 388 g/mol. The predicted molar refractivity (Wildman–Crippen MR) is 110 cm³/mol. The maximum Gasteiger partial charge on any atom is 0.321 e. The topological polar surface area (TPSA) is 44.8 Å². The molecule has 2 aromatic carbocycles. The summed E-state index contributed by atoms with van der Waals surface area (Å²) in [6, 6.07) is 13.6. The first kappa shape index (κ1) is 19.5. The zero-order chi connectivity index (χ0) is 19.2. The summed E-state index contributed by atoms with van der Waals surface area (Å²) >= 11 is 6.12. The number of rotatable bonds is 5.